The zero-order valence-electron chi connectivity index (χ0n) is 11.9. The highest BCUT2D eigenvalue weighted by molar-refractivity contribution is 5.94. The van der Waals surface area contributed by atoms with Gasteiger partial charge in [0.2, 0.25) is 0 Å². The predicted molar refractivity (Wildman–Crippen MR) is 77.7 cm³/mol. The van der Waals surface area contributed by atoms with E-state index < -0.39 is 5.97 Å². The molecule has 0 radical (unpaired) electrons. The van der Waals surface area contributed by atoms with Crippen molar-refractivity contribution in [3.8, 4) is 0 Å². The van der Waals surface area contributed by atoms with Crippen molar-refractivity contribution in [2.75, 3.05) is 13.1 Å². The first-order chi connectivity index (χ1) is 10.6. The number of aromatic nitrogens is 3. The number of aromatic amines is 1. The zero-order valence-corrected chi connectivity index (χ0v) is 11.9. The fourth-order valence-corrected chi connectivity index (χ4v) is 2.73. The summed E-state index contributed by atoms with van der Waals surface area (Å²) in [5, 5.41) is 15.7. The minimum atomic E-state index is -1.13. The smallest absolute Gasteiger partial charge is 0.354 e. The van der Waals surface area contributed by atoms with E-state index >= 15 is 0 Å². The second kappa shape index (κ2) is 5.97. The number of piperidine rings is 1. The topological polar surface area (TPSA) is 99.2 Å². The fourth-order valence-electron chi connectivity index (χ4n) is 2.73. The fraction of sp³-hybridized carbons (Fsp3) is 0.333. The van der Waals surface area contributed by atoms with Gasteiger partial charge in [0, 0.05) is 19.3 Å². The predicted octanol–water partition coefficient (Wildman–Crippen LogP) is 1.52. The number of nitrogens with one attached hydrogen (secondary N) is 1. The molecule has 2 aromatic rings. The lowest BCUT2D eigenvalue weighted by Gasteiger charge is -2.31. The molecule has 7 heteroatoms. The molecule has 0 atom stereocenters. The van der Waals surface area contributed by atoms with Crippen LogP contribution >= 0.6 is 0 Å². The SMILES string of the molecule is O=C(O)c1cccc(C(=O)N2CCC(c3cn[nH]c3)CC2)n1. The monoisotopic (exact) mass is 300 g/mol. The molecular weight excluding hydrogens is 284 g/mol. The number of carbonyl (C=O) groups excluding carboxylic acids is 1. The Morgan fingerprint density at radius 2 is 1.95 bits per heavy atom. The molecule has 0 bridgehead atoms. The average molecular weight is 300 g/mol. The zero-order chi connectivity index (χ0) is 15.5. The second-order valence-electron chi connectivity index (χ2n) is 5.31. The maximum Gasteiger partial charge on any atom is 0.354 e. The van der Waals surface area contributed by atoms with E-state index in [1.807, 2.05) is 12.4 Å². The maximum atomic E-state index is 12.4. The molecule has 0 saturated carbocycles. The number of rotatable bonds is 3. The van der Waals surface area contributed by atoms with Crippen LogP contribution < -0.4 is 0 Å². The quantitative estimate of drug-likeness (QED) is 0.895. The van der Waals surface area contributed by atoms with Gasteiger partial charge in [0.1, 0.15) is 11.4 Å². The third-order valence-corrected chi connectivity index (χ3v) is 3.96. The molecule has 22 heavy (non-hydrogen) atoms. The first kappa shape index (κ1) is 14.2. The Kier molecular flexibility index (Phi) is 3.86. The number of H-pyrrole nitrogens is 1. The van der Waals surface area contributed by atoms with Crippen LogP contribution in [0.1, 0.15) is 45.3 Å². The van der Waals surface area contributed by atoms with E-state index in [9.17, 15) is 9.59 Å². The number of carboxylic acids is 1. The Morgan fingerprint density at radius 3 is 2.59 bits per heavy atom. The molecule has 114 valence electrons. The van der Waals surface area contributed by atoms with E-state index in [4.69, 9.17) is 5.11 Å². The van der Waals surface area contributed by atoms with E-state index in [0.717, 1.165) is 18.4 Å². The van der Waals surface area contributed by atoms with Crippen LogP contribution in [0.3, 0.4) is 0 Å². The highest BCUT2D eigenvalue weighted by atomic mass is 16.4. The normalized spacial score (nSPS) is 15.7. The number of hydrogen-bond donors (Lipinski definition) is 2. The lowest BCUT2D eigenvalue weighted by atomic mass is 9.91. The lowest BCUT2D eigenvalue weighted by molar-refractivity contribution is 0.0688. The molecule has 0 aliphatic carbocycles. The van der Waals surface area contributed by atoms with Gasteiger partial charge in [-0.2, -0.15) is 5.10 Å². The number of nitrogens with zero attached hydrogens (tertiary/aromatic N) is 3. The molecule has 3 rings (SSSR count). The van der Waals surface area contributed by atoms with Crippen LogP contribution in [0.5, 0.6) is 0 Å². The second-order valence-corrected chi connectivity index (χ2v) is 5.31. The lowest BCUT2D eigenvalue weighted by Crippen LogP contribution is -2.38. The van der Waals surface area contributed by atoms with Gasteiger partial charge in [0.05, 0.1) is 6.20 Å². The van der Waals surface area contributed by atoms with Crippen LogP contribution in [-0.4, -0.2) is 50.2 Å². The molecule has 1 amide bonds. The Labute approximate surface area is 127 Å². The minimum absolute atomic E-state index is 0.112. The summed E-state index contributed by atoms with van der Waals surface area (Å²) in [6, 6.07) is 4.48. The molecular formula is C15H16N4O3. The standard InChI is InChI=1S/C15H16N4O3/c20-14(12-2-1-3-13(18-12)15(21)22)19-6-4-10(5-7-19)11-8-16-17-9-11/h1-3,8-10H,4-7H2,(H,16,17)(H,21,22). The van der Waals surface area contributed by atoms with E-state index in [-0.39, 0.29) is 17.3 Å². The van der Waals surface area contributed by atoms with Crippen LogP contribution in [0.4, 0.5) is 0 Å². The van der Waals surface area contributed by atoms with Gasteiger partial charge < -0.3 is 10.0 Å². The van der Waals surface area contributed by atoms with E-state index in [1.54, 1.807) is 17.0 Å². The van der Waals surface area contributed by atoms with Crippen molar-refractivity contribution in [2.24, 2.45) is 0 Å². The molecule has 2 N–H and O–H groups in total. The molecule has 1 fully saturated rings. The van der Waals surface area contributed by atoms with E-state index in [0.29, 0.717) is 19.0 Å². The number of carboxylic acid groups (broad SMARTS) is 1. The highest BCUT2D eigenvalue weighted by Crippen LogP contribution is 2.27. The maximum absolute atomic E-state index is 12.4. The summed E-state index contributed by atoms with van der Waals surface area (Å²) in [7, 11) is 0. The Bertz CT molecular complexity index is 676. The van der Waals surface area contributed by atoms with Crippen LogP contribution in [0, 0.1) is 0 Å². The molecule has 3 heterocycles. The summed E-state index contributed by atoms with van der Waals surface area (Å²) >= 11 is 0. The van der Waals surface area contributed by atoms with Crippen molar-refractivity contribution in [1.29, 1.82) is 0 Å². The molecule has 0 unspecified atom stereocenters. The molecule has 1 aliphatic heterocycles. The molecule has 2 aromatic heterocycles. The van der Waals surface area contributed by atoms with Crippen molar-refractivity contribution < 1.29 is 14.7 Å². The Balaban J connectivity index is 1.67. The van der Waals surface area contributed by atoms with Gasteiger partial charge in [-0.25, -0.2) is 9.78 Å². The van der Waals surface area contributed by atoms with E-state index in [2.05, 4.69) is 15.2 Å². The summed E-state index contributed by atoms with van der Waals surface area (Å²) in [6.07, 6.45) is 5.44. The molecule has 0 aromatic carbocycles. The Hall–Kier alpha value is -2.70. The van der Waals surface area contributed by atoms with Gasteiger partial charge in [-0.3, -0.25) is 9.89 Å². The highest BCUT2D eigenvalue weighted by Gasteiger charge is 2.26. The van der Waals surface area contributed by atoms with Crippen molar-refractivity contribution in [3.63, 3.8) is 0 Å². The third kappa shape index (κ3) is 2.83. The number of likely N-dealkylation sites (tertiary alicyclic amines) is 1. The summed E-state index contributed by atoms with van der Waals surface area (Å²) in [5.74, 6) is -0.942. The van der Waals surface area contributed by atoms with Crippen molar-refractivity contribution in [3.05, 3.63) is 47.5 Å². The van der Waals surface area contributed by atoms with Gasteiger partial charge in [-0.15, -0.1) is 0 Å². The van der Waals surface area contributed by atoms with Crippen molar-refractivity contribution in [2.45, 2.75) is 18.8 Å². The van der Waals surface area contributed by atoms with E-state index in [1.165, 1.54) is 6.07 Å². The van der Waals surface area contributed by atoms with Gasteiger partial charge >= 0.3 is 5.97 Å². The van der Waals surface area contributed by atoms with Crippen molar-refractivity contribution in [1.82, 2.24) is 20.1 Å². The Morgan fingerprint density at radius 1 is 1.23 bits per heavy atom. The molecule has 7 nitrogen and oxygen atoms in total. The summed E-state index contributed by atoms with van der Waals surface area (Å²) in [6.45, 7) is 1.27. The summed E-state index contributed by atoms with van der Waals surface area (Å²) in [4.78, 5) is 29.0. The van der Waals surface area contributed by atoms with Crippen LogP contribution in [-0.2, 0) is 0 Å². The number of carbonyl (C=O) groups is 2. The number of aromatic carboxylic acids is 1. The van der Waals surface area contributed by atoms with Crippen LogP contribution in [0.15, 0.2) is 30.6 Å². The molecule has 1 aliphatic rings. The first-order valence-corrected chi connectivity index (χ1v) is 7.13. The summed E-state index contributed by atoms with van der Waals surface area (Å²) in [5.41, 5.74) is 1.24. The van der Waals surface area contributed by atoms with Crippen molar-refractivity contribution >= 4 is 11.9 Å². The average Bonchev–Trinajstić information content (AvgIpc) is 3.09. The van der Waals surface area contributed by atoms with Gasteiger partial charge in [0.25, 0.3) is 5.91 Å². The minimum Gasteiger partial charge on any atom is -0.477 e. The van der Waals surface area contributed by atoms with Gasteiger partial charge in [-0.05, 0) is 36.5 Å². The van der Waals surface area contributed by atoms with Gasteiger partial charge in [-0.1, -0.05) is 6.07 Å². The number of hydrogen-bond acceptors (Lipinski definition) is 4. The molecule has 0 spiro atoms. The van der Waals surface area contributed by atoms with Crippen LogP contribution in [0.2, 0.25) is 0 Å². The number of pyridine rings is 1. The molecule has 1 saturated heterocycles. The summed E-state index contributed by atoms with van der Waals surface area (Å²) < 4.78 is 0. The third-order valence-electron chi connectivity index (χ3n) is 3.96. The largest absolute Gasteiger partial charge is 0.477 e. The number of amides is 1. The first-order valence-electron chi connectivity index (χ1n) is 7.13. The van der Waals surface area contributed by atoms with Crippen LogP contribution in [0.25, 0.3) is 0 Å². The van der Waals surface area contributed by atoms with Gasteiger partial charge in [0.15, 0.2) is 0 Å².